The maximum atomic E-state index is 12.9. The first-order valence-electron chi connectivity index (χ1n) is 5.57. The van der Waals surface area contributed by atoms with Crippen LogP contribution in [0.2, 0.25) is 5.02 Å². The molecule has 0 aliphatic rings. The molecule has 0 spiro atoms. The van der Waals surface area contributed by atoms with Gasteiger partial charge in [0.05, 0.1) is 5.02 Å². The Morgan fingerprint density at radius 1 is 1.50 bits per heavy atom. The number of aliphatic hydroxyl groups is 1. The first kappa shape index (κ1) is 14.7. The summed E-state index contributed by atoms with van der Waals surface area (Å²) < 4.78 is 12.9. The van der Waals surface area contributed by atoms with E-state index < -0.39 is 11.8 Å². The highest BCUT2D eigenvalue weighted by atomic mass is 35.5. The Hall–Kier alpha value is -1.33. The van der Waals surface area contributed by atoms with Gasteiger partial charge in [-0.2, -0.15) is 0 Å². The molecule has 0 radical (unpaired) electrons. The highest BCUT2D eigenvalue weighted by Crippen LogP contribution is 2.19. The Morgan fingerprint density at radius 3 is 2.72 bits per heavy atom. The van der Waals surface area contributed by atoms with E-state index in [0.29, 0.717) is 5.69 Å². The molecule has 0 fully saturated rings. The van der Waals surface area contributed by atoms with E-state index in [1.54, 1.807) is 6.92 Å². The smallest absolute Gasteiger partial charge is 0.319 e. The number of benzene rings is 1. The van der Waals surface area contributed by atoms with Gasteiger partial charge in [0.15, 0.2) is 0 Å². The lowest BCUT2D eigenvalue weighted by atomic mass is 10.1. The topological polar surface area (TPSA) is 61.4 Å². The van der Waals surface area contributed by atoms with Crippen LogP contribution in [0.1, 0.15) is 13.8 Å². The first-order chi connectivity index (χ1) is 8.43. The van der Waals surface area contributed by atoms with E-state index in [1.165, 1.54) is 18.2 Å². The largest absolute Gasteiger partial charge is 0.396 e. The molecule has 0 bridgehead atoms. The minimum absolute atomic E-state index is 0.0101. The molecule has 0 saturated carbocycles. The average Bonchev–Trinajstić information content (AvgIpc) is 2.32. The van der Waals surface area contributed by atoms with E-state index in [9.17, 15) is 9.18 Å². The van der Waals surface area contributed by atoms with Crippen LogP contribution in [0, 0.1) is 11.7 Å². The van der Waals surface area contributed by atoms with Crippen LogP contribution < -0.4 is 10.6 Å². The second kappa shape index (κ2) is 6.56. The number of hydrogen-bond donors (Lipinski definition) is 3. The summed E-state index contributed by atoms with van der Waals surface area (Å²) in [6.07, 6.45) is 0. The summed E-state index contributed by atoms with van der Waals surface area (Å²) in [5.74, 6) is -0.586. The molecular weight excluding hydrogens is 259 g/mol. The Kier molecular flexibility index (Phi) is 5.37. The summed E-state index contributed by atoms with van der Waals surface area (Å²) in [4.78, 5) is 11.6. The molecule has 2 atom stereocenters. The fourth-order valence-electron chi connectivity index (χ4n) is 1.25. The van der Waals surface area contributed by atoms with Crippen molar-refractivity contribution in [3.8, 4) is 0 Å². The SMILES string of the molecule is CC(CO)C(C)NC(=O)Nc1ccc(F)c(Cl)c1. The van der Waals surface area contributed by atoms with E-state index in [1.807, 2.05) is 6.92 Å². The zero-order chi connectivity index (χ0) is 13.7. The Labute approximate surface area is 110 Å². The van der Waals surface area contributed by atoms with Gasteiger partial charge in [0.25, 0.3) is 0 Å². The van der Waals surface area contributed by atoms with Gasteiger partial charge in [-0.25, -0.2) is 9.18 Å². The molecule has 0 aliphatic heterocycles. The van der Waals surface area contributed by atoms with Crippen LogP contribution in [0.4, 0.5) is 14.9 Å². The van der Waals surface area contributed by atoms with Crippen molar-refractivity contribution in [1.82, 2.24) is 5.32 Å². The lowest BCUT2D eigenvalue weighted by Crippen LogP contribution is -2.40. The monoisotopic (exact) mass is 274 g/mol. The van der Waals surface area contributed by atoms with E-state index in [2.05, 4.69) is 10.6 Å². The molecule has 0 saturated heterocycles. The third-order valence-electron chi connectivity index (χ3n) is 2.68. The Balaban J connectivity index is 2.57. The van der Waals surface area contributed by atoms with Gasteiger partial charge in [0, 0.05) is 18.3 Å². The van der Waals surface area contributed by atoms with Crippen molar-refractivity contribution in [1.29, 1.82) is 0 Å². The fourth-order valence-corrected chi connectivity index (χ4v) is 1.43. The lowest BCUT2D eigenvalue weighted by molar-refractivity contribution is 0.204. The second-order valence-electron chi connectivity index (χ2n) is 4.18. The lowest BCUT2D eigenvalue weighted by Gasteiger charge is -2.19. The van der Waals surface area contributed by atoms with Gasteiger partial charge in [0.2, 0.25) is 0 Å². The normalized spacial score (nSPS) is 13.8. The number of urea groups is 1. The second-order valence-corrected chi connectivity index (χ2v) is 4.58. The van der Waals surface area contributed by atoms with Crippen LogP contribution in [0.25, 0.3) is 0 Å². The van der Waals surface area contributed by atoms with Crippen LogP contribution in [-0.2, 0) is 0 Å². The van der Waals surface area contributed by atoms with Gasteiger partial charge in [-0.05, 0) is 31.0 Å². The predicted molar refractivity (Wildman–Crippen MR) is 69.3 cm³/mol. The maximum Gasteiger partial charge on any atom is 0.319 e. The molecule has 1 aromatic rings. The summed E-state index contributed by atoms with van der Waals surface area (Å²) in [5.41, 5.74) is 0.405. The molecule has 6 heteroatoms. The van der Waals surface area contributed by atoms with Crippen molar-refractivity contribution in [2.75, 3.05) is 11.9 Å². The van der Waals surface area contributed by atoms with Gasteiger partial charge in [0.1, 0.15) is 5.82 Å². The van der Waals surface area contributed by atoms with Crippen LogP contribution >= 0.6 is 11.6 Å². The van der Waals surface area contributed by atoms with E-state index in [-0.39, 0.29) is 23.6 Å². The van der Waals surface area contributed by atoms with Gasteiger partial charge < -0.3 is 15.7 Å². The Morgan fingerprint density at radius 2 is 2.17 bits per heavy atom. The van der Waals surface area contributed by atoms with Crippen LogP contribution in [0.15, 0.2) is 18.2 Å². The minimum Gasteiger partial charge on any atom is -0.396 e. The number of anilines is 1. The standard InChI is InChI=1S/C12H16ClFN2O2/c1-7(6-17)8(2)15-12(18)16-9-3-4-11(14)10(13)5-9/h3-5,7-8,17H,6H2,1-2H3,(H2,15,16,18). The summed E-state index contributed by atoms with van der Waals surface area (Å²) in [5, 5.41) is 14.1. The van der Waals surface area contributed by atoms with Gasteiger partial charge >= 0.3 is 6.03 Å². The fraction of sp³-hybridized carbons (Fsp3) is 0.417. The summed E-state index contributed by atoms with van der Waals surface area (Å²) in [6.45, 7) is 3.60. The number of halogens is 2. The van der Waals surface area contributed by atoms with Crippen molar-refractivity contribution in [3.63, 3.8) is 0 Å². The molecule has 0 heterocycles. The molecule has 0 aromatic heterocycles. The molecule has 3 N–H and O–H groups in total. The zero-order valence-electron chi connectivity index (χ0n) is 10.2. The number of rotatable bonds is 4. The summed E-state index contributed by atoms with van der Waals surface area (Å²) >= 11 is 5.60. The van der Waals surface area contributed by atoms with Crippen LogP contribution in [-0.4, -0.2) is 23.8 Å². The van der Waals surface area contributed by atoms with E-state index in [4.69, 9.17) is 16.7 Å². The van der Waals surface area contributed by atoms with Crippen molar-refractivity contribution in [2.24, 2.45) is 5.92 Å². The number of carbonyl (C=O) groups excluding carboxylic acids is 1. The quantitative estimate of drug-likeness (QED) is 0.790. The minimum atomic E-state index is -0.537. The van der Waals surface area contributed by atoms with E-state index in [0.717, 1.165) is 0 Å². The van der Waals surface area contributed by atoms with Crippen molar-refractivity contribution < 1.29 is 14.3 Å². The molecule has 1 rings (SSSR count). The summed E-state index contributed by atoms with van der Waals surface area (Å²) in [7, 11) is 0. The maximum absolute atomic E-state index is 12.9. The molecule has 4 nitrogen and oxygen atoms in total. The molecular formula is C12H16ClFN2O2. The zero-order valence-corrected chi connectivity index (χ0v) is 11.0. The third-order valence-corrected chi connectivity index (χ3v) is 2.97. The van der Waals surface area contributed by atoms with Crippen molar-refractivity contribution in [2.45, 2.75) is 19.9 Å². The first-order valence-corrected chi connectivity index (χ1v) is 5.95. The average molecular weight is 275 g/mol. The number of nitrogens with one attached hydrogen (secondary N) is 2. The van der Waals surface area contributed by atoms with Crippen LogP contribution in [0.3, 0.4) is 0 Å². The molecule has 1 aromatic carbocycles. The predicted octanol–water partition coefficient (Wildman–Crippen LogP) is 2.62. The molecule has 100 valence electrons. The third kappa shape index (κ3) is 4.16. The van der Waals surface area contributed by atoms with E-state index >= 15 is 0 Å². The van der Waals surface area contributed by atoms with Gasteiger partial charge in [-0.3, -0.25) is 0 Å². The number of hydrogen-bond acceptors (Lipinski definition) is 2. The molecule has 18 heavy (non-hydrogen) atoms. The van der Waals surface area contributed by atoms with Crippen molar-refractivity contribution >= 4 is 23.3 Å². The summed E-state index contributed by atoms with van der Waals surface area (Å²) in [6, 6.07) is 3.33. The molecule has 0 aliphatic carbocycles. The number of amides is 2. The van der Waals surface area contributed by atoms with Gasteiger partial charge in [-0.15, -0.1) is 0 Å². The highest BCUT2D eigenvalue weighted by molar-refractivity contribution is 6.31. The Bertz CT molecular complexity index is 429. The van der Waals surface area contributed by atoms with Gasteiger partial charge in [-0.1, -0.05) is 18.5 Å². The van der Waals surface area contributed by atoms with Crippen molar-refractivity contribution in [3.05, 3.63) is 29.0 Å². The highest BCUT2D eigenvalue weighted by Gasteiger charge is 2.14. The number of aliphatic hydroxyl groups excluding tert-OH is 1. The van der Waals surface area contributed by atoms with Crippen LogP contribution in [0.5, 0.6) is 0 Å². The molecule has 2 unspecified atom stereocenters. The number of carbonyl (C=O) groups is 1. The molecule has 2 amide bonds.